The van der Waals surface area contributed by atoms with Gasteiger partial charge in [-0.2, -0.15) is 0 Å². The molecule has 0 atom stereocenters. The number of rotatable bonds is 8. The first-order valence-electron chi connectivity index (χ1n) is 10.1. The van der Waals surface area contributed by atoms with Crippen LogP contribution in [-0.2, 0) is 17.7 Å². The number of hydrogen-bond donors (Lipinski definition) is 0. The Morgan fingerprint density at radius 1 is 1.00 bits per heavy atom. The first-order chi connectivity index (χ1) is 11.6. The molecule has 0 saturated heterocycles. The van der Waals surface area contributed by atoms with E-state index in [2.05, 4.69) is 65.0 Å². The lowest BCUT2D eigenvalue weighted by Crippen LogP contribution is -2.28. The Bertz CT molecular complexity index is 417. The van der Waals surface area contributed by atoms with Crippen molar-refractivity contribution in [3.63, 3.8) is 0 Å². The summed E-state index contributed by atoms with van der Waals surface area (Å²) in [4.78, 5) is 0. The molecular formula is C21H45N3O. The third-order valence-electron chi connectivity index (χ3n) is 3.49. The molecule has 1 aromatic rings. The highest BCUT2D eigenvalue weighted by Gasteiger charge is 2.20. The van der Waals surface area contributed by atoms with Gasteiger partial charge in [0.05, 0.1) is 11.3 Å². The summed E-state index contributed by atoms with van der Waals surface area (Å²) < 4.78 is 7.97. The van der Waals surface area contributed by atoms with Gasteiger partial charge in [-0.15, -0.1) is 5.10 Å². The number of ether oxygens (including phenoxy) is 1. The highest BCUT2D eigenvalue weighted by molar-refractivity contribution is 4.93. The summed E-state index contributed by atoms with van der Waals surface area (Å²) in [5.41, 5.74) is 1.29. The number of nitrogens with zero attached hydrogens (tertiary/aromatic N) is 3. The first-order valence-corrected chi connectivity index (χ1v) is 10.1. The number of hydrogen-bond acceptors (Lipinski definition) is 3. The second kappa shape index (κ2) is 13.3. The summed E-state index contributed by atoms with van der Waals surface area (Å²) >= 11 is 0. The molecular weight excluding hydrogens is 310 g/mol. The summed E-state index contributed by atoms with van der Waals surface area (Å²) in [7, 11) is 0. The molecule has 0 N–H and O–H groups in total. The van der Waals surface area contributed by atoms with E-state index < -0.39 is 0 Å². The average Bonchev–Trinajstić information content (AvgIpc) is 2.95. The lowest BCUT2D eigenvalue weighted by Gasteiger charge is -2.27. The molecule has 4 heteroatoms. The quantitative estimate of drug-likeness (QED) is 0.561. The lowest BCUT2D eigenvalue weighted by molar-refractivity contribution is -0.0360. The Morgan fingerprint density at radius 2 is 1.56 bits per heavy atom. The molecule has 0 unspecified atom stereocenters. The van der Waals surface area contributed by atoms with Crippen molar-refractivity contribution in [3.05, 3.63) is 11.9 Å². The van der Waals surface area contributed by atoms with Gasteiger partial charge in [-0.25, -0.2) is 0 Å². The van der Waals surface area contributed by atoms with Crippen molar-refractivity contribution in [2.45, 2.75) is 108 Å². The summed E-state index contributed by atoms with van der Waals surface area (Å²) in [5.74, 6) is 0.618. The van der Waals surface area contributed by atoms with Gasteiger partial charge in [0.15, 0.2) is 0 Å². The predicted octanol–water partition coefficient (Wildman–Crippen LogP) is 6.15. The Labute approximate surface area is 157 Å². The van der Waals surface area contributed by atoms with E-state index in [4.69, 9.17) is 4.74 Å². The predicted molar refractivity (Wildman–Crippen MR) is 110 cm³/mol. The van der Waals surface area contributed by atoms with Gasteiger partial charge in [0.2, 0.25) is 0 Å². The Kier molecular flexibility index (Phi) is 14.0. The minimum Gasteiger partial charge on any atom is -0.375 e. The van der Waals surface area contributed by atoms with Crippen LogP contribution in [0.3, 0.4) is 0 Å². The molecule has 4 nitrogen and oxygen atoms in total. The van der Waals surface area contributed by atoms with Crippen molar-refractivity contribution in [1.82, 2.24) is 15.0 Å². The van der Waals surface area contributed by atoms with Crippen LogP contribution in [0.15, 0.2) is 6.20 Å². The molecule has 1 aromatic heterocycles. The van der Waals surface area contributed by atoms with Crippen LogP contribution in [0.5, 0.6) is 0 Å². The van der Waals surface area contributed by atoms with Crippen LogP contribution in [0.4, 0.5) is 0 Å². The van der Waals surface area contributed by atoms with Gasteiger partial charge in [0.1, 0.15) is 0 Å². The van der Waals surface area contributed by atoms with E-state index in [-0.39, 0.29) is 5.60 Å². The molecule has 0 amide bonds. The van der Waals surface area contributed by atoms with Crippen molar-refractivity contribution in [2.75, 3.05) is 6.61 Å². The highest BCUT2D eigenvalue weighted by atomic mass is 16.5. The SMILES string of the molecule is CC.CC.CC(C)Cc1cn(CCC(C)(C)OCCC(C)(C)C)nn1. The molecule has 0 radical (unpaired) electrons. The molecule has 0 spiro atoms. The molecule has 0 aliphatic carbocycles. The van der Waals surface area contributed by atoms with Crippen LogP contribution in [-0.4, -0.2) is 27.2 Å². The molecule has 0 fully saturated rings. The third-order valence-corrected chi connectivity index (χ3v) is 3.49. The third kappa shape index (κ3) is 15.1. The minimum absolute atomic E-state index is 0.116. The van der Waals surface area contributed by atoms with Crippen molar-refractivity contribution >= 4 is 0 Å². The van der Waals surface area contributed by atoms with Crippen molar-refractivity contribution in [3.8, 4) is 0 Å². The normalized spacial score (nSPS) is 11.5. The zero-order valence-electron chi connectivity index (χ0n) is 18.9. The minimum atomic E-state index is -0.116. The van der Waals surface area contributed by atoms with Crippen molar-refractivity contribution in [1.29, 1.82) is 0 Å². The Hall–Kier alpha value is -0.900. The fourth-order valence-electron chi connectivity index (χ4n) is 2.05. The van der Waals surface area contributed by atoms with E-state index >= 15 is 0 Å². The van der Waals surface area contributed by atoms with Crippen LogP contribution < -0.4 is 0 Å². The van der Waals surface area contributed by atoms with E-state index in [1.165, 1.54) is 0 Å². The summed E-state index contributed by atoms with van der Waals surface area (Å²) in [5, 5.41) is 8.43. The molecule has 0 aliphatic heterocycles. The fourth-order valence-corrected chi connectivity index (χ4v) is 2.05. The highest BCUT2D eigenvalue weighted by Crippen LogP contribution is 2.22. The summed E-state index contributed by atoms with van der Waals surface area (Å²) in [6, 6.07) is 0. The maximum Gasteiger partial charge on any atom is 0.0829 e. The van der Waals surface area contributed by atoms with Gasteiger partial charge >= 0.3 is 0 Å². The van der Waals surface area contributed by atoms with Crippen LogP contribution in [0.25, 0.3) is 0 Å². The van der Waals surface area contributed by atoms with Gasteiger partial charge in [-0.05, 0) is 44.4 Å². The first kappa shape index (κ1) is 26.3. The molecule has 0 bridgehead atoms. The topological polar surface area (TPSA) is 39.9 Å². The zero-order valence-corrected chi connectivity index (χ0v) is 18.9. The van der Waals surface area contributed by atoms with Gasteiger partial charge in [0.25, 0.3) is 0 Å². The second-order valence-electron chi connectivity index (χ2n) is 8.24. The van der Waals surface area contributed by atoms with E-state index in [1.54, 1.807) is 0 Å². The fraction of sp³-hybridized carbons (Fsp3) is 0.905. The van der Waals surface area contributed by atoms with Gasteiger partial charge < -0.3 is 4.74 Å². The molecule has 150 valence electrons. The standard InChI is InChI=1S/C17H33N3O.2C2H6/c1-14(2)12-15-13-20(19-18-15)10-8-17(6,7)21-11-9-16(3,4)5;2*1-2/h13-14H,8-12H2,1-7H3;2*1-2H3. The molecule has 25 heavy (non-hydrogen) atoms. The lowest BCUT2D eigenvalue weighted by atomic mass is 9.93. The van der Waals surface area contributed by atoms with Crippen molar-refractivity contribution < 1.29 is 4.74 Å². The maximum atomic E-state index is 6.04. The van der Waals surface area contributed by atoms with Gasteiger partial charge in [-0.1, -0.05) is 67.5 Å². The van der Waals surface area contributed by atoms with Crippen LogP contribution >= 0.6 is 0 Å². The average molecular weight is 356 g/mol. The number of aryl methyl sites for hydroxylation is 1. The van der Waals surface area contributed by atoms with E-state index in [9.17, 15) is 0 Å². The molecule has 0 aliphatic rings. The molecule has 0 saturated carbocycles. The van der Waals surface area contributed by atoms with E-state index in [0.717, 1.165) is 38.1 Å². The van der Waals surface area contributed by atoms with Crippen LogP contribution in [0, 0.1) is 11.3 Å². The Balaban J connectivity index is 0. The van der Waals surface area contributed by atoms with E-state index in [1.807, 2.05) is 32.4 Å². The largest absolute Gasteiger partial charge is 0.375 e. The zero-order chi connectivity index (χ0) is 20.1. The number of aromatic nitrogens is 3. The Morgan fingerprint density at radius 3 is 2.04 bits per heavy atom. The maximum absolute atomic E-state index is 6.04. The molecule has 1 rings (SSSR count). The van der Waals surface area contributed by atoms with Crippen molar-refractivity contribution in [2.24, 2.45) is 11.3 Å². The smallest absolute Gasteiger partial charge is 0.0829 e. The van der Waals surface area contributed by atoms with Gasteiger partial charge in [0, 0.05) is 19.3 Å². The van der Waals surface area contributed by atoms with E-state index in [0.29, 0.717) is 11.3 Å². The van der Waals surface area contributed by atoms with Gasteiger partial charge in [-0.3, -0.25) is 4.68 Å². The monoisotopic (exact) mass is 355 g/mol. The second-order valence-corrected chi connectivity index (χ2v) is 8.24. The summed E-state index contributed by atoms with van der Waals surface area (Å²) in [6.07, 6.45) is 5.08. The molecule has 1 heterocycles. The van der Waals surface area contributed by atoms with Crippen LogP contribution in [0.1, 0.15) is 94.7 Å². The van der Waals surface area contributed by atoms with Crippen LogP contribution in [0.2, 0.25) is 0 Å². The summed E-state index contributed by atoms with van der Waals surface area (Å²) in [6.45, 7) is 25.1. The molecule has 0 aromatic carbocycles.